The third-order valence-electron chi connectivity index (χ3n) is 2.31. The number of nitrogens with one attached hydrogen (secondary N) is 1. The molecule has 0 spiro atoms. The highest BCUT2D eigenvalue weighted by Crippen LogP contribution is 2.03. The lowest BCUT2D eigenvalue weighted by Gasteiger charge is -2.18. The van der Waals surface area contributed by atoms with E-state index in [4.69, 9.17) is 5.11 Å². The number of hydrogen-bond acceptors (Lipinski definition) is 5. The van der Waals surface area contributed by atoms with E-state index in [9.17, 15) is 0 Å². The van der Waals surface area contributed by atoms with Crippen molar-refractivity contribution in [2.24, 2.45) is 0 Å². The Morgan fingerprint density at radius 2 is 2.12 bits per heavy atom. The summed E-state index contributed by atoms with van der Waals surface area (Å²) < 4.78 is 0. The molecule has 0 aromatic carbocycles. The molecule has 5 heteroatoms. The van der Waals surface area contributed by atoms with E-state index in [0.29, 0.717) is 6.54 Å². The monoisotopic (exact) mass is 224 g/mol. The second kappa shape index (κ2) is 7.14. The second-order valence-corrected chi connectivity index (χ2v) is 3.52. The predicted molar refractivity (Wildman–Crippen MR) is 64.2 cm³/mol. The Bertz CT molecular complexity index is 289. The zero-order chi connectivity index (χ0) is 11.8. The van der Waals surface area contributed by atoms with E-state index in [1.165, 1.54) is 0 Å². The van der Waals surface area contributed by atoms with Crippen LogP contribution in [0.2, 0.25) is 0 Å². The maximum Gasteiger partial charge on any atom is 0.144 e. The first kappa shape index (κ1) is 12.9. The molecule has 2 N–H and O–H groups in total. The Labute approximate surface area is 96.5 Å². The van der Waals surface area contributed by atoms with E-state index in [2.05, 4.69) is 27.1 Å². The molecule has 1 aromatic rings. The molecule has 90 valence electrons. The van der Waals surface area contributed by atoms with Crippen LogP contribution in [-0.4, -0.2) is 46.2 Å². The minimum atomic E-state index is 0.177. The van der Waals surface area contributed by atoms with Gasteiger partial charge >= 0.3 is 0 Å². The van der Waals surface area contributed by atoms with E-state index < -0.39 is 0 Å². The van der Waals surface area contributed by atoms with Crippen molar-refractivity contribution in [3.05, 3.63) is 18.1 Å². The highest BCUT2D eigenvalue weighted by Gasteiger charge is 2.04. The molecule has 0 saturated heterocycles. The van der Waals surface area contributed by atoms with Gasteiger partial charge in [0, 0.05) is 19.6 Å². The molecular weight excluding hydrogens is 204 g/mol. The summed E-state index contributed by atoms with van der Waals surface area (Å²) in [5.41, 5.74) is 0.928. The number of nitrogens with zero attached hydrogens (tertiary/aromatic N) is 3. The van der Waals surface area contributed by atoms with Crippen LogP contribution in [-0.2, 0) is 6.54 Å². The zero-order valence-electron chi connectivity index (χ0n) is 9.98. The lowest BCUT2D eigenvalue weighted by atomic mass is 10.4. The summed E-state index contributed by atoms with van der Waals surface area (Å²) in [5.74, 6) is 0.802. The van der Waals surface area contributed by atoms with Crippen LogP contribution in [0.4, 0.5) is 5.82 Å². The lowest BCUT2D eigenvalue weighted by Crippen LogP contribution is -2.26. The summed E-state index contributed by atoms with van der Waals surface area (Å²) in [6.45, 7) is 7.42. The molecule has 0 bridgehead atoms. The highest BCUT2D eigenvalue weighted by atomic mass is 16.3. The number of likely N-dealkylation sites (N-methyl/N-ethyl adjacent to an activating group) is 1. The van der Waals surface area contributed by atoms with Crippen LogP contribution >= 0.6 is 0 Å². The van der Waals surface area contributed by atoms with Crippen molar-refractivity contribution in [1.29, 1.82) is 0 Å². The predicted octanol–water partition coefficient (Wildman–Crippen LogP) is 0.723. The number of rotatable bonds is 7. The summed E-state index contributed by atoms with van der Waals surface area (Å²) in [5, 5.41) is 12.0. The molecule has 0 atom stereocenters. The molecule has 1 heterocycles. The van der Waals surface area contributed by atoms with Gasteiger partial charge in [0.25, 0.3) is 0 Å². The van der Waals surface area contributed by atoms with E-state index in [1.807, 2.05) is 6.92 Å². The van der Waals surface area contributed by atoms with E-state index >= 15 is 0 Å². The summed E-state index contributed by atoms with van der Waals surface area (Å²) in [4.78, 5) is 10.7. The third kappa shape index (κ3) is 4.12. The van der Waals surface area contributed by atoms with Crippen molar-refractivity contribution in [3.8, 4) is 0 Å². The minimum Gasteiger partial charge on any atom is -0.395 e. The zero-order valence-corrected chi connectivity index (χ0v) is 9.98. The molecule has 5 nitrogen and oxygen atoms in total. The summed E-state index contributed by atoms with van der Waals surface area (Å²) >= 11 is 0. The van der Waals surface area contributed by atoms with Crippen molar-refractivity contribution in [3.63, 3.8) is 0 Å². The molecule has 0 aliphatic carbocycles. The Morgan fingerprint density at radius 3 is 2.62 bits per heavy atom. The fraction of sp³-hybridized carbons (Fsp3) is 0.636. The summed E-state index contributed by atoms with van der Waals surface area (Å²) in [7, 11) is 0. The quantitative estimate of drug-likeness (QED) is 0.714. The molecule has 0 unspecified atom stereocenters. The average molecular weight is 224 g/mol. The Morgan fingerprint density at radius 1 is 1.31 bits per heavy atom. The smallest absolute Gasteiger partial charge is 0.144 e. The number of aromatic nitrogens is 2. The molecule has 0 fully saturated rings. The van der Waals surface area contributed by atoms with Gasteiger partial charge in [-0.3, -0.25) is 9.88 Å². The van der Waals surface area contributed by atoms with Crippen molar-refractivity contribution >= 4 is 5.82 Å². The van der Waals surface area contributed by atoms with Gasteiger partial charge in [-0.25, -0.2) is 4.98 Å². The maximum absolute atomic E-state index is 8.87. The van der Waals surface area contributed by atoms with E-state index in [1.54, 1.807) is 12.4 Å². The van der Waals surface area contributed by atoms with E-state index in [0.717, 1.165) is 31.1 Å². The molecule has 0 radical (unpaired) electrons. The van der Waals surface area contributed by atoms with Gasteiger partial charge in [0.2, 0.25) is 0 Å². The Kier molecular flexibility index (Phi) is 5.74. The topological polar surface area (TPSA) is 61.3 Å². The minimum absolute atomic E-state index is 0.177. The van der Waals surface area contributed by atoms with Gasteiger partial charge in [-0.2, -0.15) is 0 Å². The first-order valence-corrected chi connectivity index (χ1v) is 5.68. The normalized spacial score (nSPS) is 10.8. The third-order valence-corrected chi connectivity index (χ3v) is 2.31. The molecule has 16 heavy (non-hydrogen) atoms. The molecule has 1 aromatic heterocycles. The summed E-state index contributed by atoms with van der Waals surface area (Å²) in [6.07, 6.45) is 3.52. The summed E-state index contributed by atoms with van der Waals surface area (Å²) in [6, 6.07) is 0. The molecule has 0 amide bonds. The van der Waals surface area contributed by atoms with Gasteiger partial charge in [-0.05, 0) is 13.5 Å². The largest absolute Gasteiger partial charge is 0.395 e. The van der Waals surface area contributed by atoms with Crippen molar-refractivity contribution in [1.82, 2.24) is 14.9 Å². The van der Waals surface area contributed by atoms with Gasteiger partial charge in [0.15, 0.2) is 0 Å². The first-order chi connectivity index (χ1) is 7.80. The fourth-order valence-corrected chi connectivity index (χ4v) is 1.43. The molecule has 0 aliphatic rings. The van der Waals surface area contributed by atoms with Gasteiger partial charge < -0.3 is 10.4 Å². The molecule has 1 rings (SSSR count). The SMILES string of the molecule is CCNc1cnc(CN(CC)CCO)cn1. The van der Waals surface area contributed by atoms with Crippen LogP contribution in [0.3, 0.4) is 0 Å². The van der Waals surface area contributed by atoms with Crippen LogP contribution < -0.4 is 5.32 Å². The number of aliphatic hydroxyl groups excluding tert-OH is 1. The highest BCUT2D eigenvalue weighted by molar-refractivity contribution is 5.30. The average Bonchev–Trinajstić information content (AvgIpc) is 2.31. The van der Waals surface area contributed by atoms with Gasteiger partial charge in [0.1, 0.15) is 5.82 Å². The second-order valence-electron chi connectivity index (χ2n) is 3.52. The van der Waals surface area contributed by atoms with Crippen LogP contribution in [0.1, 0.15) is 19.5 Å². The van der Waals surface area contributed by atoms with Crippen molar-refractivity contribution < 1.29 is 5.11 Å². The standard InChI is InChI=1S/C11H20N4O/c1-3-12-11-8-13-10(7-14-11)9-15(4-2)5-6-16/h7-8,16H,3-6,9H2,1-2H3,(H,12,14). The van der Waals surface area contributed by atoms with Crippen molar-refractivity contribution in [2.45, 2.75) is 20.4 Å². The Hall–Kier alpha value is -1.20. The number of hydrogen-bond donors (Lipinski definition) is 2. The molecule has 0 aliphatic heterocycles. The van der Waals surface area contributed by atoms with Crippen LogP contribution in [0.25, 0.3) is 0 Å². The Balaban J connectivity index is 2.53. The fourth-order valence-electron chi connectivity index (χ4n) is 1.43. The van der Waals surface area contributed by atoms with Gasteiger partial charge in [-0.1, -0.05) is 6.92 Å². The lowest BCUT2D eigenvalue weighted by molar-refractivity contribution is 0.195. The first-order valence-electron chi connectivity index (χ1n) is 5.68. The van der Waals surface area contributed by atoms with Crippen LogP contribution in [0.15, 0.2) is 12.4 Å². The molecular formula is C11H20N4O. The molecule has 0 saturated carbocycles. The van der Waals surface area contributed by atoms with Crippen LogP contribution in [0.5, 0.6) is 0 Å². The van der Waals surface area contributed by atoms with Crippen LogP contribution in [0, 0.1) is 0 Å². The number of anilines is 1. The van der Waals surface area contributed by atoms with Gasteiger partial charge in [-0.15, -0.1) is 0 Å². The maximum atomic E-state index is 8.87. The van der Waals surface area contributed by atoms with Crippen molar-refractivity contribution in [2.75, 3.05) is 31.6 Å². The number of aliphatic hydroxyl groups is 1. The van der Waals surface area contributed by atoms with E-state index in [-0.39, 0.29) is 6.61 Å². The van der Waals surface area contributed by atoms with Gasteiger partial charge in [0.05, 0.1) is 24.7 Å².